The molecule has 3 aliphatic rings. The van der Waals surface area contributed by atoms with E-state index < -0.39 is 5.97 Å². The molecule has 136 valence electrons. The maximum Gasteiger partial charge on any atom is 0.306 e. The van der Waals surface area contributed by atoms with Gasteiger partial charge < -0.3 is 19.9 Å². The zero-order valence-corrected chi connectivity index (χ0v) is 14.2. The third-order valence-electron chi connectivity index (χ3n) is 5.59. The number of hydrogen-bond acceptors (Lipinski definition) is 6. The molecule has 2 fully saturated rings. The zero-order valence-electron chi connectivity index (χ0n) is 14.2. The highest BCUT2D eigenvalue weighted by molar-refractivity contribution is 5.70. The zero-order chi connectivity index (χ0) is 17.2. The van der Waals surface area contributed by atoms with Crippen molar-refractivity contribution in [2.75, 3.05) is 19.9 Å². The molecule has 7 nitrogen and oxygen atoms in total. The topological polar surface area (TPSA) is 91.9 Å². The number of hydrogen-bond donors (Lipinski definition) is 4. The number of nitrogens with one attached hydrogen (secondary N) is 3. The molecule has 4 N–H and O–H groups in total. The van der Waals surface area contributed by atoms with Gasteiger partial charge in [-0.1, -0.05) is 6.07 Å². The van der Waals surface area contributed by atoms with Crippen molar-refractivity contribution in [3.63, 3.8) is 0 Å². The van der Waals surface area contributed by atoms with Crippen LogP contribution in [0, 0.1) is 11.8 Å². The SMILES string of the molecule is O=C(O)C1CCC(NCC2CNNC2c2ccc3c(c2)OCO3)CC1. The Morgan fingerprint density at radius 2 is 2.00 bits per heavy atom. The standard InChI is InChI=1S/C18H25N3O4/c22-18(23)11-1-4-14(5-2-11)19-8-13-9-20-21-17(13)12-3-6-15-16(7-12)25-10-24-15/h3,6-7,11,13-14,17,19-21H,1-2,4-5,8-10H2,(H,22,23). The molecule has 1 saturated heterocycles. The molecule has 1 saturated carbocycles. The van der Waals surface area contributed by atoms with Gasteiger partial charge in [-0.2, -0.15) is 0 Å². The molecule has 1 aromatic rings. The van der Waals surface area contributed by atoms with Gasteiger partial charge in [-0.25, -0.2) is 5.43 Å². The Morgan fingerprint density at radius 3 is 2.80 bits per heavy atom. The van der Waals surface area contributed by atoms with E-state index in [9.17, 15) is 4.79 Å². The summed E-state index contributed by atoms with van der Waals surface area (Å²) >= 11 is 0. The second-order valence-corrected chi connectivity index (χ2v) is 7.17. The lowest BCUT2D eigenvalue weighted by atomic mass is 9.85. The van der Waals surface area contributed by atoms with Crippen molar-refractivity contribution in [1.82, 2.24) is 16.2 Å². The van der Waals surface area contributed by atoms with Crippen LogP contribution < -0.4 is 25.6 Å². The van der Waals surface area contributed by atoms with Crippen molar-refractivity contribution in [3.05, 3.63) is 23.8 Å². The van der Waals surface area contributed by atoms with Gasteiger partial charge >= 0.3 is 5.97 Å². The smallest absolute Gasteiger partial charge is 0.306 e. The summed E-state index contributed by atoms with van der Waals surface area (Å²) in [5.41, 5.74) is 7.81. The van der Waals surface area contributed by atoms with Crippen molar-refractivity contribution in [3.8, 4) is 11.5 Å². The Balaban J connectivity index is 1.32. The summed E-state index contributed by atoms with van der Waals surface area (Å²) in [7, 11) is 0. The number of ether oxygens (including phenoxy) is 2. The van der Waals surface area contributed by atoms with Crippen LogP contribution in [-0.2, 0) is 4.79 Å². The summed E-state index contributed by atoms with van der Waals surface area (Å²) in [4.78, 5) is 11.1. The number of carboxylic acid groups (broad SMARTS) is 1. The molecule has 25 heavy (non-hydrogen) atoms. The van der Waals surface area contributed by atoms with E-state index in [0.29, 0.717) is 18.8 Å². The van der Waals surface area contributed by atoms with Gasteiger partial charge in [0.25, 0.3) is 0 Å². The molecule has 0 amide bonds. The first-order chi connectivity index (χ1) is 12.2. The van der Waals surface area contributed by atoms with E-state index in [-0.39, 0.29) is 12.0 Å². The molecule has 1 aliphatic carbocycles. The van der Waals surface area contributed by atoms with Gasteiger partial charge in [-0.3, -0.25) is 10.2 Å². The Labute approximate surface area is 147 Å². The van der Waals surface area contributed by atoms with Crippen molar-refractivity contribution in [2.24, 2.45) is 11.8 Å². The Kier molecular flexibility index (Phi) is 4.78. The average Bonchev–Trinajstić information content (AvgIpc) is 3.28. The van der Waals surface area contributed by atoms with Gasteiger partial charge in [0.15, 0.2) is 11.5 Å². The summed E-state index contributed by atoms with van der Waals surface area (Å²) in [6.07, 6.45) is 3.44. The van der Waals surface area contributed by atoms with Crippen molar-refractivity contribution in [1.29, 1.82) is 0 Å². The molecular formula is C18H25N3O4. The Hall–Kier alpha value is -1.83. The molecule has 0 bridgehead atoms. The van der Waals surface area contributed by atoms with Gasteiger partial charge in [0.05, 0.1) is 12.0 Å². The minimum atomic E-state index is -0.648. The van der Waals surface area contributed by atoms with Crippen LogP contribution in [0.5, 0.6) is 11.5 Å². The van der Waals surface area contributed by atoms with E-state index in [1.54, 1.807) is 0 Å². The number of fused-ring (bicyclic) bond motifs is 1. The minimum Gasteiger partial charge on any atom is -0.481 e. The number of carboxylic acids is 1. The minimum absolute atomic E-state index is 0.158. The molecule has 2 aliphatic heterocycles. The molecule has 0 aromatic heterocycles. The van der Waals surface area contributed by atoms with Crippen LogP contribution in [0.4, 0.5) is 0 Å². The molecule has 2 atom stereocenters. The van der Waals surface area contributed by atoms with E-state index in [1.165, 1.54) is 5.56 Å². The second-order valence-electron chi connectivity index (χ2n) is 7.17. The van der Waals surface area contributed by atoms with Gasteiger partial charge in [-0.15, -0.1) is 0 Å². The number of aliphatic carboxylic acids is 1. The molecule has 0 spiro atoms. The van der Waals surface area contributed by atoms with Crippen LogP contribution >= 0.6 is 0 Å². The lowest BCUT2D eigenvalue weighted by Crippen LogP contribution is -2.39. The quantitative estimate of drug-likeness (QED) is 0.640. The van der Waals surface area contributed by atoms with E-state index >= 15 is 0 Å². The third kappa shape index (κ3) is 3.58. The first-order valence-electron chi connectivity index (χ1n) is 9.05. The van der Waals surface area contributed by atoms with Gasteiger partial charge in [-0.05, 0) is 43.4 Å². The maximum absolute atomic E-state index is 11.1. The van der Waals surface area contributed by atoms with Gasteiger partial charge in [0.2, 0.25) is 6.79 Å². The second kappa shape index (κ2) is 7.19. The number of hydrazine groups is 1. The lowest BCUT2D eigenvalue weighted by molar-refractivity contribution is -0.142. The van der Waals surface area contributed by atoms with Crippen LogP contribution in [0.2, 0.25) is 0 Å². The highest BCUT2D eigenvalue weighted by Gasteiger charge is 2.31. The van der Waals surface area contributed by atoms with E-state index in [0.717, 1.165) is 50.3 Å². The number of carbonyl (C=O) groups is 1. The monoisotopic (exact) mass is 347 g/mol. The van der Waals surface area contributed by atoms with Crippen LogP contribution in [0.3, 0.4) is 0 Å². The van der Waals surface area contributed by atoms with Crippen molar-refractivity contribution in [2.45, 2.75) is 37.8 Å². The summed E-state index contributed by atoms with van der Waals surface area (Å²) in [6.45, 7) is 2.09. The summed E-state index contributed by atoms with van der Waals surface area (Å²) < 4.78 is 10.9. The fraction of sp³-hybridized carbons (Fsp3) is 0.611. The lowest BCUT2D eigenvalue weighted by Gasteiger charge is -2.29. The normalized spacial score (nSPS) is 31.2. The number of benzene rings is 1. The highest BCUT2D eigenvalue weighted by Crippen LogP contribution is 2.36. The van der Waals surface area contributed by atoms with E-state index in [1.807, 2.05) is 6.07 Å². The highest BCUT2D eigenvalue weighted by atomic mass is 16.7. The largest absolute Gasteiger partial charge is 0.481 e. The fourth-order valence-electron chi connectivity index (χ4n) is 4.05. The first kappa shape index (κ1) is 16.6. The first-order valence-corrected chi connectivity index (χ1v) is 9.05. The van der Waals surface area contributed by atoms with Crippen LogP contribution in [-0.4, -0.2) is 37.0 Å². The molecule has 2 unspecified atom stereocenters. The van der Waals surface area contributed by atoms with Crippen molar-refractivity contribution < 1.29 is 19.4 Å². The molecule has 0 radical (unpaired) electrons. The van der Waals surface area contributed by atoms with Gasteiger partial charge in [0.1, 0.15) is 0 Å². The van der Waals surface area contributed by atoms with Crippen LogP contribution in [0.15, 0.2) is 18.2 Å². The van der Waals surface area contributed by atoms with Crippen LogP contribution in [0.1, 0.15) is 37.3 Å². The van der Waals surface area contributed by atoms with E-state index in [2.05, 4.69) is 28.3 Å². The van der Waals surface area contributed by atoms with E-state index in [4.69, 9.17) is 14.6 Å². The summed E-state index contributed by atoms with van der Waals surface area (Å²) in [5.74, 6) is 1.24. The molecule has 7 heteroatoms. The molecule has 4 rings (SSSR count). The predicted octanol–water partition coefficient (Wildman–Crippen LogP) is 1.41. The summed E-state index contributed by atoms with van der Waals surface area (Å²) in [6, 6.07) is 6.75. The number of rotatable bonds is 5. The fourth-order valence-corrected chi connectivity index (χ4v) is 4.05. The summed E-state index contributed by atoms with van der Waals surface area (Å²) in [5, 5.41) is 12.7. The predicted molar refractivity (Wildman–Crippen MR) is 91.3 cm³/mol. The molecular weight excluding hydrogens is 322 g/mol. The maximum atomic E-state index is 11.1. The Morgan fingerprint density at radius 1 is 1.20 bits per heavy atom. The Bertz CT molecular complexity index is 631. The van der Waals surface area contributed by atoms with Crippen molar-refractivity contribution >= 4 is 5.97 Å². The molecule has 2 heterocycles. The van der Waals surface area contributed by atoms with Crippen LogP contribution in [0.25, 0.3) is 0 Å². The van der Waals surface area contributed by atoms with Gasteiger partial charge in [0, 0.05) is 25.0 Å². The molecule has 1 aromatic carbocycles. The third-order valence-corrected chi connectivity index (χ3v) is 5.59. The average molecular weight is 347 g/mol.